The lowest BCUT2D eigenvalue weighted by atomic mass is 10.1. The fourth-order valence-electron chi connectivity index (χ4n) is 3.17. The molecule has 0 fully saturated rings. The summed E-state index contributed by atoms with van der Waals surface area (Å²) in [4.78, 5) is 27.6. The van der Waals surface area contributed by atoms with Gasteiger partial charge in [0, 0.05) is 18.3 Å². The normalized spacial score (nSPS) is 12.8. The molecule has 0 radical (unpaired) electrons. The summed E-state index contributed by atoms with van der Waals surface area (Å²) in [6, 6.07) is 13.3. The lowest BCUT2D eigenvalue weighted by Crippen LogP contribution is -3.12. The van der Waals surface area contributed by atoms with E-state index < -0.39 is 0 Å². The molecule has 0 aromatic heterocycles. The van der Waals surface area contributed by atoms with Crippen LogP contribution in [0.4, 0.5) is 5.69 Å². The Morgan fingerprint density at radius 1 is 1.10 bits per heavy atom. The van der Waals surface area contributed by atoms with Gasteiger partial charge in [-0.15, -0.1) is 0 Å². The van der Waals surface area contributed by atoms with E-state index in [2.05, 4.69) is 11.4 Å². The number of rotatable bonds is 8. The second-order valence-corrected chi connectivity index (χ2v) is 7.67. The van der Waals surface area contributed by atoms with Crippen molar-refractivity contribution in [3.63, 3.8) is 0 Å². The number of benzene rings is 2. The monoisotopic (exact) mass is 398 g/mol. The first-order chi connectivity index (χ1) is 13.7. The van der Waals surface area contributed by atoms with Crippen molar-refractivity contribution in [2.75, 3.05) is 33.1 Å². The molecule has 0 aliphatic heterocycles. The van der Waals surface area contributed by atoms with Gasteiger partial charge in [0.15, 0.2) is 6.04 Å². The van der Waals surface area contributed by atoms with Crippen molar-refractivity contribution in [1.82, 2.24) is 4.90 Å². The van der Waals surface area contributed by atoms with Crippen LogP contribution in [0.25, 0.3) is 0 Å². The van der Waals surface area contributed by atoms with Crippen LogP contribution in [-0.4, -0.2) is 50.5 Å². The zero-order chi connectivity index (χ0) is 21.6. The molecular weight excluding hydrogens is 366 g/mol. The van der Waals surface area contributed by atoms with Gasteiger partial charge in [-0.2, -0.15) is 0 Å². The van der Waals surface area contributed by atoms with Crippen LogP contribution in [0.3, 0.4) is 0 Å². The summed E-state index contributed by atoms with van der Waals surface area (Å²) >= 11 is 0. The summed E-state index contributed by atoms with van der Waals surface area (Å²) < 4.78 is 5.44. The maximum atomic E-state index is 12.8. The molecule has 0 aliphatic carbocycles. The molecule has 2 rings (SSSR count). The third-order valence-corrected chi connectivity index (χ3v) is 5.11. The molecule has 2 N–H and O–H groups in total. The first kappa shape index (κ1) is 22.4. The van der Waals surface area contributed by atoms with E-state index in [0.29, 0.717) is 6.54 Å². The molecule has 2 atom stereocenters. The maximum Gasteiger partial charge on any atom is 0.280 e. The average molecular weight is 399 g/mol. The first-order valence-corrected chi connectivity index (χ1v) is 9.78. The number of nitrogens with zero attached hydrogens (tertiary/aromatic N) is 1. The molecule has 0 heterocycles. The maximum absolute atomic E-state index is 12.8. The Labute approximate surface area is 173 Å². The summed E-state index contributed by atoms with van der Waals surface area (Å²) in [5.41, 5.74) is 4.06. The van der Waals surface area contributed by atoms with Crippen LogP contribution in [0, 0.1) is 13.8 Å². The van der Waals surface area contributed by atoms with E-state index in [1.807, 2.05) is 64.2 Å². The topological polar surface area (TPSA) is 63.1 Å². The van der Waals surface area contributed by atoms with Gasteiger partial charge < -0.3 is 19.9 Å². The zero-order valence-corrected chi connectivity index (χ0v) is 18.2. The predicted molar refractivity (Wildman–Crippen MR) is 115 cm³/mol. The lowest BCUT2D eigenvalue weighted by Gasteiger charge is -2.26. The number of methoxy groups -OCH3 is 1. The van der Waals surface area contributed by atoms with Crippen LogP contribution < -0.4 is 15.0 Å². The van der Waals surface area contributed by atoms with Crippen LogP contribution in [0.2, 0.25) is 0 Å². The van der Waals surface area contributed by atoms with Gasteiger partial charge in [-0.05, 0) is 45.0 Å². The van der Waals surface area contributed by atoms with Gasteiger partial charge in [0.25, 0.3) is 5.91 Å². The summed E-state index contributed by atoms with van der Waals surface area (Å²) in [5, 5.41) is 2.83. The molecule has 0 saturated heterocycles. The van der Waals surface area contributed by atoms with E-state index >= 15 is 0 Å². The molecule has 6 heteroatoms. The molecule has 0 spiro atoms. The van der Waals surface area contributed by atoms with Crippen LogP contribution in [-0.2, 0) is 16.1 Å². The highest BCUT2D eigenvalue weighted by atomic mass is 16.5. The Morgan fingerprint density at radius 3 is 2.34 bits per heavy atom. The number of likely N-dealkylation sites (N-methyl/N-ethyl adjacent to an activating group) is 2. The quantitative estimate of drug-likeness (QED) is 0.713. The second-order valence-electron chi connectivity index (χ2n) is 7.67. The van der Waals surface area contributed by atoms with Crippen LogP contribution >= 0.6 is 0 Å². The van der Waals surface area contributed by atoms with E-state index in [1.165, 1.54) is 4.90 Å². The Morgan fingerprint density at radius 2 is 1.72 bits per heavy atom. The number of carbonyl (C=O) groups is 2. The number of hydrogen-bond donors (Lipinski definition) is 2. The van der Waals surface area contributed by atoms with Gasteiger partial charge >= 0.3 is 0 Å². The van der Waals surface area contributed by atoms with Gasteiger partial charge in [-0.25, -0.2) is 0 Å². The van der Waals surface area contributed by atoms with Gasteiger partial charge in [0.05, 0.1) is 20.7 Å². The number of anilines is 1. The van der Waals surface area contributed by atoms with Crippen molar-refractivity contribution in [2.45, 2.75) is 33.4 Å². The third-order valence-electron chi connectivity index (χ3n) is 5.11. The first-order valence-electron chi connectivity index (χ1n) is 9.78. The highest BCUT2D eigenvalue weighted by molar-refractivity contribution is 5.94. The van der Waals surface area contributed by atoms with Crippen molar-refractivity contribution >= 4 is 17.5 Å². The SMILES string of the molecule is COc1ccc(C)cc1C[NH+](C)[C@H](C)C(=O)N(C)CC(=O)Nc1ccc(C)cc1. The number of nitrogens with one attached hydrogen (secondary N) is 2. The molecule has 156 valence electrons. The van der Waals surface area contributed by atoms with Crippen molar-refractivity contribution in [1.29, 1.82) is 0 Å². The molecule has 29 heavy (non-hydrogen) atoms. The minimum atomic E-state index is -0.294. The molecule has 2 amide bonds. The van der Waals surface area contributed by atoms with E-state index in [4.69, 9.17) is 4.74 Å². The number of amides is 2. The number of ether oxygens (including phenoxy) is 1. The summed E-state index contributed by atoms with van der Waals surface area (Å²) in [6.07, 6.45) is 0. The van der Waals surface area contributed by atoms with Crippen LogP contribution in [0.1, 0.15) is 23.6 Å². The standard InChI is InChI=1S/C23H31N3O3/c1-16-7-10-20(11-8-16)24-22(27)15-26(5)23(28)18(3)25(4)14-19-13-17(2)9-12-21(19)29-6/h7-13,18H,14-15H2,1-6H3,(H,24,27)/p+1/t18-/m1/s1. The fraction of sp³-hybridized carbons (Fsp3) is 0.391. The van der Waals surface area contributed by atoms with Crippen molar-refractivity contribution in [3.05, 3.63) is 59.2 Å². The van der Waals surface area contributed by atoms with E-state index in [0.717, 1.165) is 33.0 Å². The van der Waals surface area contributed by atoms with Crippen LogP contribution in [0.15, 0.2) is 42.5 Å². The third kappa shape index (κ3) is 6.32. The Balaban J connectivity index is 1.94. The highest BCUT2D eigenvalue weighted by Crippen LogP contribution is 2.18. The van der Waals surface area contributed by atoms with E-state index in [-0.39, 0.29) is 24.4 Å². The Bertz CT molecular complexity index is 849. The summed E-state index contributed by atoms with van der Waals surface area (Å²) in [6.45, 7) is 6.57. The van der Waals surface area contributed by atoms with Gasteiger partial charge in [-0.3, -0.25) is 9.59 Å². The number of carbonyl (C=O) groups excluding carboxylic acids is 2. The largest absolute Gasteiger partial charge is 0.496 e. The van der Waals surface area contributed by atoms with Crippen molar-refractivity contribution in [3.8, 4) is 5.75 Å². The smallest absolute Gasteiger partial charge is 0.280 e. The van der Waals surface area contributed by atoms with E-state index in [9.17, 15) is 9.59 Å². The highest BCUT2D eigenvalue weighted by Gasteiger charge is 2.27. The molecule has 1 unspecified atom stereocenters. The van der Waals surface area contributed by atoms with Gasteiger partial charge in [0.2, 0.25) is 5.91 Å². The minimum absolute atomic E-state index is 0.0120. The minimum Gasteiger partial charge on any atom is -0.496 e. The van der Waals surface area contributed by atoms with Crippen molar-refractivity contribution < 1.29 is 19.2 Å². The predicted octanol–water partition coefficient (Wildman–Crippen LogP) is 1.81. The Hall–Kier alpha value is -2.86. The molecule has 0 saturated carbocycles. The number of aryl methyl sites for hydroxylation is 2. The molecule has 0 bridgehead atoms. The molecule has 2 aromatic rings. The summed E-state index contributed by atoms with van der Waals surface area (Å²) in [5.74, 6) is 0.531. The Kier molecular flexibility index (Phi) is 7.79. The molecular formula is C23H32N3O3+. The van der Waals surface area contributed by atoms with E-state index in [1.54, 1.807) is 14.2 Å². The fourth-order valence-corrected chi connectivity index (χ4v) is 3.17. The zero-order valence-electron chi connectivity index (χ0n) is 18.2. The molecule has 6 nitrogen and oxygen atoms in total. The number of hydrogen-bond acceptors (Lipinski definition) is 3. The van der Waals surface area contributed by atoms with Crippen molar-refractivity contribution in [2.24, 2.45) is 0 Å². The second kappa shape index (κ2) is 10.1. The van der Waals surface area contributed by atoms with Crippen LogP contribution in [0.5, 0.6) is 5.75 Å². The summed E-state index contributed by atoms with van der Waals surface area (Å²) in [7, 11) is 5.29. The molecule has 2 aromatic carbocycles. The number of quaternary nitrogens is 1. The average Bonchev–Trinajstić information content (AvgIpc) is 2.68. The molecule has 0 aliphatic rings. The lowest BCUT2D eigenvalue weighted by molar-refractivity contribution is -0.908. The van der Waals surface area contributed by atoms with Gasteiger partial charge in [0.1, 0.15) is 12.3 Å². The van der Waals surface area contributed by atoms with Gasteiger partial charge in [-0.1, -0.05) is 29.3 Å².